The summed E-state index contributed by atoms with van der Waals surface area (Å²) in [5, 5.41) is 0. The zero-order chi connectivity index (χ0) is 15.6. The van der Waals surface area contributed by atoms with Gasteiger partial charge in [-0.15, -0.1) is 0 Å². The smallest absolute Gasteiger partial charge is 0.213 e. The molecule has 4 N–H and O–H groups in total. The predicted octanol–water partition coefficient (Wildman–Crippen LogP) is 2.96. The Morgan fingerprint density at radius 1 is 1.21 bits per heavy atom. The molecule has 0 spiro atoms. The standard InChI is InChI=1S/C13H25N3O.C2H6/c1-6-7-16(9-17)12(13(3,4)5)8-11(15)10(2)14;1-2/h8-9H,6-7,14-15H2,1-5H3;1-2H3/b11-10-,12-8-;. The highest BCUT2D eigenvalue weighted by Crippen LogP contribution is 2.28. The van der Waals surface area contributed by atoms with Crippen molar-refractivity contribution in [3.8, 4) is 0 Å². The fourth-order valence-electron chi connectivity index (χ4n) is 1.46. The van der Waals surface area contributed by atoms with Crippen LogP contribution in [-0.4, -0.2) is 17.9 Å². The van der Waals surface area contributed by atoms with Crippen LogP contribution in [0.25, 0.3) is 0 Å². The van der Waals surface area contributed by atoms with Crippen LogP contribution in [0.4, 0.5) is 0 Å². The summed E-state index contributed by atoms with van der Waals surface area (Å²) in [5.41, 5.74) is 13.3. The Morgan fingerprint density at radius 2 is 1.68 bits per heavy atom. The van der Waals surface area contributed by atoms with Gasteiger partial charge in [-0.2, -0.15) is 0 Å². The summed E-state index contributed by atoms with van der Waals surface area (Å²) < 4.78 is 0. The predicted molar refractivity (Wildman–Crippen MR) is 83.0 cm³/mol. The number of nitrogens with two attached hydrogens (primary N) is 2. The summed E-state index contributed by atoms with van der Waals surface area (Å²) in [6.07, 6.45) is 3.54. The minimum atomic E-state index is -0.157. The Kier molecular flexibility index (Phi) is 9.92. The topological polar surface area (TPSA) is 72.3 Å². The molecule has 1 amide bonds. The molecule has 4 nitrogen and oxygen atoms in total. The summed E-state index contributed by atoms with van der Waals surface area (Å²) in [6, 6.07) is 0. The SMILES string of the molecule is CC.CCCN(C=O)/C(=C\C(N)=C(/C)N)C(C)(C)C. The van der Waals surface area contributed by atoms with Gasteiger partial charge in [0, 0.05) is 23.4 Å². The van der Waals surface area contributed by atoms with Gasteiger partial charge in [-0.1, -0.05) is 41.5 Å². The van der Waals surface area contributed by atoms with E-state index in [0.717, 1.165) is 18.5 Å². The lowest BCUT2D eigenvalue weighted by atomic mass is 9.90. The lowest BCUT2D eigenvalue weighted by Crippen LogP contribution is -2.30. The summed E-state index contributed by atoms with van der Waals surface area (Å²) >= 11 is 0. The van der Waals surface area contributed by atoms with Gasteiger partial charge >= 0.3 is 0 Å². The second-order valence-corrected chi connectivity index (χ2v) is 5.22. The van der Waals surface area contributed by atoms with Crippen molar-refractivity contribution in [3.63, 3.8) is 0 Å². The Morgan fingerprint density at radius 3 is 1.95 bits per heavy atom. The molecular formula is C15H31N3O. The van der Waals surface area contributed by atoms with Crippen LogP contribution in [0.1, 0.15) is 54.9 Å². The van der Waals surface area contributed by atoms with Crippen LogP contribution in [0.15, 0.2) is 23.2 Å². The number of hydrogen-bond donors (Lipinski definition) is 2. The summed E-state index contributed by atoms with van der Waals surface area (Å²) in [4.78, 5) is 12.8. The number of nitrogens with zero attached hydrogens (tertiary/aromatic N) is 1. The van der Waals surface area contributed by atoms with E-state index in [2.05, 4.69) is 0 Å². The van der Waals surface area contributed by atoms with Gasteiger partial charge in [-0.05, 0) is 19.4 Å². The monoisotopic (exact) mass is 269 g/mol. The molecule has 0 saturated heterocycles. The van der Waals surface area contributed by atoms with Crippen molar-refractivity contribution in [2.24, 2.45) is 16.9 Å². The Balaban J connectivity index is 0. The highest BCUT2D eigenvalue weighted by atomic mass is 16.1. The molecule has 0 saturated carbocycles. The van der Waals surface area contributed by atoms with Crippen LogP contribution in [0, 0.1) is 5.41 Å². The molecule has 0 aromatic heterocycles. The third kappa shape index (κ3) is 7.54. The minimum absolute atomic E-state index is 0.157. The van der Waals surface area contributed by atoms with Crippen molar-refractivity contribution < 1.29 is 4.79 Å². The summed E-state index contributed by atoms with van der Waals surface area (Å²) in [7, 11) is 0. The van der Waals surface area contributed by atoms with Crippen LogP contribution in [0.2, 0.25) is 0 Å². The van der Waals surface area contributed by atoms with E-state index in [-0.39, 0.29) is 5.41 Å². The fourth-order valence-corrected chi connectivity index (χ4v) is 1.46. The molecule has 0 aliphatic carbocycles. The molecule has 0 heterocycles. The number of rotatable bonds is 5. The van der Waals surface area contributed by atoms with E-state index in [0.29, 0.717) is 17.9 Å². The van der Waals surface area contributed by atoms with Gasteiger partial charge in [0.25, 0.3) is 0 Å². The zero-order valence-electron chi connectivity index (χ0n) is 13.6. The Bertz CT molecular complexity index is 321. The Hall–Kier alpha value is -1.45. The third-order valence-corrected chi connectivity index (χ3v) is 2.42. The maximum absolute atomic E-state index is 11.1. The van der Waals surface area contributed by atoms with Crippen LogP contribution < -0.4 is 11.5 Å². The van der Waals surface area contributed by atoms with Crippen molar-refractivity contribution in [1.29, 1.82) is 0 Å². The number of carbonyl (C=O) groups is 1. The average Bonchev–Trinajstić information content (AvgIpc) is 2.34. The highest BCUT2D eigenvalue weighted by Gasteiger charge is 2.22. The molecule has 0 aliphatic rings. The van der Waals surface area contributed by atoms with Gasteiger partial charge in [0.1, 0.15) is 0 Å². The largest absolute Gasteiger partial charge is 0.401 e. The van der Waals surface area contributed by atoms with E-state index in [1.165, 1.54) is 0 Å². The normalized spacial score (nSPS) is 13.1. The van der Waals surface area contributed by atoms with Gasteiger partial charge in [-0.3, -0.25) is 4.79 Å². The van der Waals surface area contributed by atoms with Gasteiger partial charge in [-0.25, -0.2) is 0 Å². The molecule has 112 valence electrons. The van der Waals surface area contributed by atoms with E-state index < -0.39 is 0 Å². The molecule has 0 aliphatic heterocycles. The molecule has 0 fully saturated rings. The molecule has 0 radical (unpaired) electrons. The number of carbonyl (C=O) groups excluding carboxylic acids is 1. The zero-order valence-corrected chi connectivity index (χ0v) is 13.6. The lowest BCUT2D eigenvalue weighted by molar-refractivity contribution is -0.117. The molecule has 0 aromatic carbocycles. The van der Waals surface area contributed by atoms with E-state index in [1.54, 1.807) is 17.9 Å². The first-order valence-electron chi connectivity index (χ1n) is 6.90. The lowest BCUT2D eigenvalue weighted by Gasteiger charge is -2.31. The minimum Gasteiger partial charge on any atom is -0.401 e. The van der Waals surface area contributed by atoms with Crippen LogP contribution in [0.3, 0.4) is 0 Å². The number of amides is 1. The first kappa shape index (κ1) is 19.9. The van der Waals surface area contributed by atoms with Crippen molar-refractivity contribution in [3.05, 3.63) is 23.2 Å². The summed E-state index contributed by atoms with van der Waals surface area (Å²) in [5.74, 6) is 0. The van der Waals surface area contributed by atoms with Gasteiger partial charge in [0.2, 0.25) is 6.41 Å². The van der Waals surface area contributed by atoms with Crippen molar-refractivity contribution in [2.75, 3.05) is 6.54 Å². The second-order valence-electron chi connectivity index (χ2n) is 5.22. The molecule has 0 bridgehead atoms. The molecule has 19 heavy (non-hydrogen) atoms. The van der Waals surface area contributed by atoms with Gasteiger partial charge in [0.15, 0.2) is 0 Å². The van der Waals surface area contributed by atoms with Gasteiger partial charge < -0.3 is 16.4 Å². The maximum Gasteiger partial charge on any atom is 0.213 e. The van der Waals surface area contributed by atoms with E-state index >= 15 is 0 Å². The molecule has 4 heteroatoms. The van der Waals surface area contributed by atoms with Crippen LogP contribution in [0.5, 0.6) is 0 Å². The van der Waals surface area contributed by atoms with E-state index in [1.807, 2.05) is 41.5 Å². The van der Waals surface area contributed by atoms with E-state index in [4.69, 9.17) is 11.5 Å². The third-order valence-electron chi connectivity index (χ3n) is 2.42. The molecular weight excluding hydrogens is 238 g/mol. The van der Waals surface area contributed by atoms with Crippen LogP contribution >= 0.6 is 0 Å². The first-order chi connectivity index (χ1) is 8.73. The van der Waals surface area contributed by atoms with Crippen molar-refractivity contribution in [1.82, 2.24) is 4.90 Å². The average molecular weight is 269 g/mol. The quantitative estimate of drug-likeness (QED) is 0.595. The molecule has 0 aromatic rings. The highest BCUT2D eigenvalue weighted by molar-refractivity contribution is 5.52. The second kappa shape index (κ2) is 9.48. The number of allylic oxidation sites excluding steroid dienone is 3. The van der Waals surface area contributed by atoms with E-state index in [9.17, 15) is 4.79 Å². The molecule has 0 rings (SSSR count). The van der Waals surface area contributed by atoms with Gasteiger partial charge in [0.05, 0.1) is 5.70 Å². The summed E-state index contributed by atoms with van der Waals surface area (Å²) in [6.45, 7) is 14.6. The van der Waals surface area contributed by atoms with Crippen molar-refractivity contribution in [2.45, 2.75) is 54.9 Å². The Labute approximate surface area is 118 Å². The van der Waals surface area contributed by atoms with Crippen LogP contribution in [-0.2, 0) is 4.79 Å². The first-order valence-corrected chi connectivity index (χ1v) is 6.90. The van der Waals surface area contributed by atoms with Crippen molar-refractivity contribution >= 4 is 6.41 Å². The fraction of sp³-hybridized carbons (Fsp3) is 0.667. The maximum atomic E-state index is 11.1. The molecule has 0 unspecified atom stereocenters. The molecule has 0 atom stereocenters. The number of hydrogen-bond acceptors (Lipinski definition) is 3.